The summed E-state index contributed by atoms with van der Waals surface area (Å²) in [4.78, 5) is 12.2. The van der Waals surface area contributed by atoms with Gasteiger partial charge in [-0.15, -0.1) is 0 Å². The molecule has 0 heterocycles. The molecule has 0 aromatic heterocycles. The predicted octanol–water partition coefficient (Wildman–Crippen LogP) is 3.44. The Hall–Kier alpha value is -2.29. The average Bonchev–Trinajstić information content (AvgIpc) is 2.46. The van der Waals surface area contributed by atoms with Crippen molar-refractivity contribution in [2.75, 3.05) is 5.73 Å². The summed E-state index contributed by atoms with van der Waals surface area (Å²) in [7, 11) is 0. The molecule has 3 nitrogen and oxygen atoms in total. The van der Waals surface area contributed by atoms with Gasteiger partial charge in [-0.2, -0.15) is 0 Å². The molecule has 3 heteroatoms. The first-order chi connectivity index (χ1) is 9.69. The third-order valence-electron chi connectivity index (χ3n) is 3.22. The number of benzene rings is 2. The zero-order chi connectivity index (χ0) is 14.4. The Balaban J connectivity index is 2.02. The van der Waals surface area contributed by atoms with Crippen molar-refractivity contribution in [1.82, 2.24) is 0 Å². The van der Waals surface area contributed by atoms with E-state index in [0.29, 0.717) is 17.9 Å². The number of para-hydroxylation sites is 1. The summed E-state index contributed by atoms with van der Waals surface area (Å²) in [6, 6.07) is 16.8. The first-order valence-electron chi connectivity index (χ1n) is 6.80. The van der Waals surface area contributed by atoms with Gasteiger partial charge >= 0.3 is 5.97 Å². The Kier molecular flexibility index (Phi) is 4.77. The topological polar surface area (TPSA) is 52.3 Å². The van der Waals surface area contributed by atoms with E-state index in [1.165, 1.54) is 0 Å². The van der Waals surface area contributed by atoms with Crippen LogP contribution in [-0.2, 0) is 11.2 Å². The summed E-state index contributed by atoms with van der Waals surface area (Å²) in [5.41, 5.74) is 7.53. The molecule has 1 atom stereocenters. The third kappa shape index (κ3) is 3.85. The number of carbonyl (C=O) groups is 1. The molecule has 0 radical (unpaired) electrons. The van der Waals surface area contributed by atoms with E-state index in [-0.39, 0.29) is 11.9 Å². The molecular formula is C17H19NO2. The first-order valence-corrected chi connectivity index (χ1v) is 6.80. The van der Waals surface area contributed by atoms with Crippen LogP contribution in [0, 0.1) is 5.92 Å². The van der Waals surface area contributed by atoms with Crippen LogP contribution in [0.15, 0.2) is 54.6 Å². The molecule has 2 aromatic carbocycles. The molecule has 0 aliphatic carbocycles. The van der Waals surface area contributed by atoms with Crippen molar-refractivity contribution in [3.8, 4) is 5.75 Å². The maximum Gasteiger partial charge on any atom is 0.314 e. The summed E-state index contributed by atoms with van der Waals surface area (Å²) in [6.07, 6.45) is 1.38. The van der Waals surface area contributed by atoms with Crippen molar-refractivity contribution in [2.45, 2.75) is 19.8 Å². The fourth-order valence-electron chi connectivity index (χ4n) is 2.09. The Morgan fingerprint density at radius 3 is 2.55 bits per heavy atom. The van der Waals surface area contributed by atoms with Gasteiger partial charge in [-0.3, -0.25) is 4.79 Å². The van der Waals surface area contributed by atoms with Crippen LogP contribution in [0.1, 0.15) is 18.9 Å². The first kappa shape index (κ1) is 14.1. The fourth-order valence-corrected chi connectivity index (χ4v) is 2.09. The van der Waals surface area contributed by atoms with E-state index in [0.717, 1.165) is 12.0 Å². The monoisotopic (exact) mass is 269 g/mol. The van der Waals surface area contributed by atoms with E-state index in [1.54, 1.807) is 12.1 Å². The average molecular weight is 269 g/mol. The van der Waals surface area contributed by atoms with Crippen LogP contribution >= 0.6 is 0 Å². The molecule has 0 saturated heterocycles. The molecule has 0 saturated carbocycles. The van der Waals surface area contributed by atoms with Gasteiger partial charge in [-0.05, 0) is 42.7 Å². The Morgan fingerprint density at radius 1 is 1.15 bits per heavy atom. The van der Waals surface area contributed by atoms with Gasteiger partial charge in [0.15, 0.2) is 0 Å². The lowest BCUT2D eigenvalue weighted by atomic mass is 9.97. The molecular weight excluding hydrogens is 250 g/mol. The molecule has 0 aliphatic rings. The molecule has 0 spiro atoms. The summed E-state index contributed by atoms with van der Waals surface area (Å²) in [6.45, 7) is 1.99. The number of anilines is 1. The quantitative estimate of drug-likeness (QED) is 0.514. The molecule has 1 unspecified atom stereocenters. The van der Waals surface area contributed by atoms with Crippen molar-refractivity contribution in [3.05, 3.63) is 60.2 Å². The van der Waals surface area contributed by atoms with E-state index >= 15 is 0 Å². The number of esters is 1. The Morgan fingerprint density at radius 2 is 1.90 bits per heavy atom. The third-order valence-corrected chi connectivity index (χ3v) is 3.22. The molecule has 0 bridgehead atoms. The summed E-state index contributed by atoms with van der Waals surface area (Å²) in [5.74, 6) is 0.238. The lowest BCUT2D eigenvalue weighted by Crippen LogP contribution is -2.22. The van der Waals surface area contributed by atoms with Crippen LogP contribution in [-0.4, -0.2) is 5.97 Å². The van der Waals surface area contributed by atoms with Gasteiger partial charge in [-0.1, -0.05) is 37.3 Å². The maximum atomic E-state index is 12.2. The minimum atomic E-state index is -0.193. The van der Waals surface area contributed by atoms with Gasteiger partial charge in [0.05, 0.1) is 5.92 Å². The van der Waals surface area contributed by atoms with Crippen molar-refractivity contribution in [2.24, 2.45) is 5.92 Å². The molecule has 0 amide bonds. The number of ether oxygens (including phenoxy) is 1. The van der Waals surface area contributed by atoms with E-state index in [9.17, 15) is 4.79 Å². The molecule has 104 valence electrons. The van der Waals surface area contributed by atoms with Gasteiger partial charge in [0.2, 0.25) is 0 Å². The molecule has 2 aromatic rings. The highest BCUT2D eigenvalue weighted by atomic mass is 16.5. The minimum absolute atomic E-state index is 0.156. The highest BCUT2D eigenvalue weighted by Gasteiger charge is 2.19. The van der Waals surface area contributed by atoms with Crippen molar-refractivity contribution in [3.63, 3.8) is 0 Å². The van der Waals surface area contributed by atoms with Crippen molar-refractivity contribution in [1.29, 1.82) is 0 Å². The van der Waals surface area contributed by atoms with Gasteiger partial charge < -0.3 is 10.5 Å². The SMILES string of the molecule is CCC(Cc1cccc(N)c1)C(=O)Oc1ccccc1. The predicted molar refractivity (Wildman–Crippen MR) is 80.4 cm³/mol. The molecule has 0 fully saturated rings. The molecule has 20 heavy (non-hydrogen) atoms. The van der Waals surface area contributed by atoms with Crippen LogP contribution < -0.4 is 10.5 Å². The Labute approximate surface area is 119 Å². The second-order valence-electron chi connectivity index (χ2n) is 4.79. The van der Waals surface area contributed by atoms with Gasteiger partial charge in [-0.25, -0.2) is 0 Å². The van der Waals surface area contributed by atoms with E-state index < -0.39 is 0 Å². The summed E-state index contributed by atoms with van der Waals surface area (Å²) in [5, 5.41) is 0. The fraction of sp³-hybridized carbons (Fsp3) is 0.235. The number of rotatable bonds is 5. The smallest absolute Gasteiger partial charge is 0.314 e. The Bertz CT molecular complexity index is 566. The zero-order valence-electron chi connectivity index (χ0n) is 11.6. The van der Waals surface area contributed by atoms with Gasteiger partial charge in [0.1, 0.15) is 5.75 Å². The van der Waals surface area contributed by atoms with Crippen molar-refractivity contribution >= 4 is 11.7 Å². The maximum absolute atomic E-state index is 12.2. The number of nitrogens with two attached hydrogens (primary N) is 1. The normalized spacial score (nSPS) is 11.8. The standard InChI is InChI=1S/C17H19NO2/c1-2-14(11-13-7-6-8-15(18)12-13)17(19)20-16-9-4-3-5-10-16/h3-10,12,14H,2,11,18H2,1H3. The molecule has 2 N–H and O–H groups in total. The number of carbonyl (C=O) groups excluding carboxylic acids is 1. The van der Waals surface area contributed by atoms with E-state index in [2.05, 4.69) is 0 Å². The summed E-state index contributed by atoms with van der Waals surface area (Å²) >= 11 is 0. The minimum Gasteiger partial charge on any atom is -0.426 e. The second kappa shape index (κ2) is 6.75. The lowest BCUT2D eigenvalue weighted by molar-refractivity contribution is -0.139. The largest absolute Gasteiger partial charge is 0.426 e. The zero-order valence-corrected chi connectivity index (χ0v) is 11.6. The van der Waals surface area contributed by atoms with E-state index in [1.807, 2.05) is 49.4 Å². The summed E-state index contributed by atoms with van der Waals surface area (Å²) < 4.78 is 5.40. The van der Waals surface area contributed by atoms with Gasteiger partial charge in [0.25, 0.3) is 0 Å². The van der Waals surface area contributed by atoms with Crippen molar-refractivity contribution < 1.29 is 9.53 Å². The number of nitrogen functional groups attached to an aromatic ring is 1. The molecule has 0 aliphatic heterocycles. The van der Waals surface area contributed by atoms with Crippen LogP contribution in [0.2, 0.25) is 0 Å². The van der Waals surface area contributed by atoms with Crippen LogP contribution in [0.25, 0.3) is 0 Å². The lowest BCUT2D eigenvalue weighted by Gasteiger charge is -2.14. The van der Waals surface area contributed by atoms with Gasteiger partial charge in [0, 0.05) is 5.69 Å². The van der Waals surface area contributed by atoms with Crippen LogP contribution in [0.5, 0.6) is 5.75 Å². The number of hydrogen-bond donors (Lipinski definition) is 1. The molecule has 2 rings (SSSR count). The number of hydrogen-bond acceptors (Lipinski definition) is 3. The van der Waals surface area contributed by atoms with Crippen LogP contribution in [0.3, 0.4) is 0 Å². The second-order valence-corrected chi connectivity index (χ2v) is 4.79. The highest BCUT2D eigenvalue weighted by Crippen LogP contribution is 2.18. The van der Waals surface area contributed by atoms with E-state index in [4.69, 9.17) is 10.5 Å². The highest BCUT2D eigenvalue weighted by molar-refractivity contribution is 5.75. The van der Waals surface area contributed by atoms with Crippen LogP contribution in [0.4, 0.5) is 5.69 Å².